The van der Waals surface area contributed by atoms with Gasteiger partial charge in [0.2, 0.25) is 0 Å². The summed E-state index contributed by atoms with van der Waals surface area (Å²) < 4.78 is 41.7. The molecule has 0 spiro atoms. The normalized spacial score (nSPS) is 21.1. The van der Waals surface area contributed by atoms with E-state index in [1.54, 1.807) is 20.8 Å². The third-order valence-electron chi connectivity index (χ3n) is 4.71. The van der Waals surface area contributed by atoms with Crippen molar-refractivity contribution in [3.8, 4) is 0 Å². The summed E-state index contributed by atoms with van der Waals surface area (Å²) >= 11 is 0. The Morgan fingerprint density at radius 2 is 1.96 bits per heavy atom. The number of anilines is 1. The van der Waals surface area contributed by atoms with Crippen LogP contribution in [0.2, 0.25) is 0 Å². The van der Waals surface area contributed by atoms with Crippen molar-refractivity contribution in [2.75, 3.05) is 5.32 Å². The van der Waals surface area contributed by atoms with Crippen molar-refractivity contribution in [2.24, 2.45) is 7.05 Å². The first-order chi connectivity index (χ1) is 11.9. The third-order valence-corrected chi connectivity index (χ3v) is 4.71. The average molecular weight is 367 g/mol. The van der Waals surface area contributed by atoms with Gasteiger partial charge in [-0.1, -0.05) is 13.8 Å². The van der Waals surface area contributed by atoms with Crippen LogP contribution in [-0.2, 0) is 18.1 Å². The largest absolute Gasteiger partial charge is 0.385 e. The number of aromatic nitrogens is 2. The molecule has 1 heterocycles. The lowest BCUT2D eigenvalue weighted by Crippen LogP contribution is -2.23. The number of carbonyl (C=O) groups is 1. The molecule has 0 aliphatic heterocycles. The number of carbonyl (C=O) groups excluding carboxylic acids is 1. The van der Waals surface area contributed by atoms with Crippen molar-refractivity contribution in [3.63, 3.8) is 0 Å². The van der Waals surface area contributed by atoms with Gasteiger partial charge in [0.1, 0.15) is 11.5 Å². The van der Waals surface area contributed by atoms with Gasteiger partial charge < -0.3 is 10.4 Å². The number of fused-ring (bicyclic) bond motifs is 1. The highest BCUT2D eigenvalue weighted by Gasteiger charge is 2.47. The predicted octanol–water partition coefficient (Wildman–Crippen LogP) is 3.64. The molecular weight excluding hydrogens is 347 g/mol. The SMILES string of the molecule is Cn1cc(C(=O)Nc2ccc(F)c3c2C(C)(O)CC3(C)C)c(C(F)F)n1. The van der Waals surface area contributed by atoms with Gasteiger partial charge in [0, 0.05) is 30.1 Å². The molecule has 1 amide bonds. The number of hydrogen-bond donors (Lipinski definition) is 2. The van der Waals surface area contributed by atoms with E-state index in [1.165, 1.54) is 25.4 Å². The minimum absolute atomic E-state index is 0.200. The molecule has 2 N–H and O–H groups in total. The Bertz CT molecular complexity index is 888. The van der Waals surface area contributed by atoms with Gasteiger partial charge in [-0.2, -0.15) is 5.10 Å². The number of nitrogens with one attached hydrogen (secondary N) is 1. The fourth-order valence-electron chi connectivity index (χ4n) is 3.97. The predicted molar refractivity (Wildman–Crippen MR) is 89.7 cm³/mol. The molecule has 0 bridgehead atoms. The van der Waals surface area contributed by atoms with Crippen LogP contribution < -0.4 is 5.32 Å². The van der Waals surface area contributed by atoms with Gasteiger partial charge in [-0.15, -0.1) is 0 Å². The van der Waals surface area contributed by atoms with E-state index in [0.717, 1.165) is 4.68 Å². The first kappa shape index (κ1) is 18.4. The molecule has 1 aromatic heterocycles. The monoisotopic (exact) mass is 367 g/mol. The van der Waals surface area contributed by atoms with Crippen LogP contribution >= 0.6 is 0 Å². The Hall–Kier alpha value is -2.35. The Labute approximate surface area is 148 Å². The van der Waals surface area contributed by atoms with Crippen LogP contribution in [0.1, 0.15) is 60.8 Å². The molecule has 1 aliphatic carbocycles. The summed E-state index contributed by atoms with van der Waals surface area (Å²) in [5.74, 6) is -1.27. The van der Waals surface area contributed by atoms with Crippen LogP contribution in [0.25, 0.3) is 0 Å². The van der Waals surface area contributed by atoms with Gasteiger partial charge in [-0.25, -0.2) is 13.2 Å². The molecule has 1 unspecified atom stereocenters. The lowest BCUT2D eigenvalue weighted by Gasteiger charge is -2.22. The van der Waals surface area contributed by atoms with Crippen molar-refractivity contribution in [3.05, 3.63) is 46.5 Å². The maximum absolute atomic E-state index is 14.4. The summed E-state index contributed by atoms with van der Waals surface area (Å²) in [6, 6.07) is 2.54. The summed E-state index contributed by atoms with van der Waals surface area (Å²) in [5, 5.41) is 16.9. The highest BCUT2D eigenvalue weighted by atomic mass is 19.3. The lowest BCUT2D eigenvalue weighted by atomic mass is 9.85. The van der Waals surface area contributed by atoms with Crippen molar-refractivity contribution in [1.82, 2.24) is 9.78 Å². The molecular formula is C18H20F3N3O2. The van der Waals surface area contributed by atoms with Crippen LogP contribution in [-0.4, -0.2) is 20.8 Å². The molecule has 1 aromatic carbocycles. The molecule has 26 heavy (non-hydrogen) atoms. The first-order valence-corrected chi connectivity index (χ1v) is 8.13. The Balaban J connectivity index is 2.06. The van der Waals surface area contributed by atoms with Gasteiger partial charge in [0.25, 0.3) is 12.3 Å². The van der Waals surface area contributed by atoms with Crippen LogP contribution in [0.15, 0.2) is 18.3 Å². The number of nitrogens with zero attached hydrogens (tertiary/aromatic N) is 2. The standard InChI is InChI=1S/C18H20F3N3O2/c1-17(2)8-18(3,26)13-11(6-5-10(19)12(13)17)22-16(25)9-7-24(4)23-14(9)15(20)21/h5-7,15,26H,8H2,1-4H3,(H,22,25). The van der Waals surface area contributed by atoms with Gasteiger partial charge in [0.15, 0.2) is 0 Å². The summed E-state index contributed by atoms with van der Waals surface area (Å²) in [5.41, 5.74) is -2.09. The van der Waals surface area contributed by atoms with E-state index in [2.05, 4.69) is 10.4 Å². The molecule has 1 atom stereocenters. The average Bonchev–Trinajstić information content (AvgIpc) is 2.97. The van der Waals surface area contributed by atoms with Gasteiger partial charge in [-0.3, -0.25) is 9.48 Å². The van der Waals surface area contributed by atoms with Gasteiger partial charge in [0.05, 0.1) is 11.2 Å². The molecule has 2 aromatic rings. The number of hydrogen-bond acceptors (Lipinski definition) is 3. The Morgan fingerprint density at radius 1 is 1.31 bits per heavy atom. The van der Waals surface area contributed by atoms with E-state index in [0.29, 0.717) is 5.56 Å². The summed E-state index contributed by atoms with van der Waals surface area (Å²) in [6.45, 7) is 5.15. The molecule has 8 heteroatoms. The van der Waals surface area contributed by atoms with Crippen LogP contribution in [0.5, 0.6) is 0 Å². The lowest BCUT2D eigenvalue weighted by molar-refractivity contribution is 0.0462. The summed E-state index contributed by atoms with van der Waals surface area (Å²) in [6.07, 6.45) is -1.44. The second-order valence-electron chi connectivity index (χ2n) is 7.54. The van der Waals surface area contributed by atoms with E-state index in [1.807, 2.05) is 0 Å². The molecule has 5 nitrogen and oxygen atoms in total. The number of amides is 1. The minimum atomic E-state index is -2.90. The number of benzene rings is 1. The maximum Gasteiger partial charge on any atom is 0.282 e. The first-order valence-electron chi connectivity index (χ1n) is 8.13. The maximum atomic E-state index is 14.4. The highest BCUT2D eigenvalue weighted by Crippen LogP contribution is 2.51. The number of rotatable bonds is 3. The zero-order chi connectivity index (χ0) is 19.4. The van der Waals surface area contributed by atoms with Crippen LogP contribution in [0.4, 0.5) is 18.9 Å². The Kier molecular flexibility index (Phi) is 4.14. The van der Waals surface area contributed by atoms with E-state index in [4.69, 9.17) is 0 Å². The Morgan fingerprint density at radius 3 is 2.58 bits per heavy atom. The van der Waals surface area contributed by atoms with Crippen LogP contribution in [0.3, 0.4) is 0 Å². The topological polar surface area (TPSA) is 67.2 Å². The van der Waals surface area contributed by atoms with Crippen molar-refractivity contribution in [2.45, 2.75) is 44.6 Å². The van der Waals surface area contributed by atoms with E-state index in [-0.39, 0.29) is 23.2 Å². The minimum Gasteiger partial charge on any atom is -0.385 e. The molecule has 0 fully saturated rings. The van der Waals surface area contributed by atoms with E-state index < -0.39 is 34.9 Å². The van der Waals surface area contributed by atoms with E-state index >= 15 is 0 Å². The van der Waals surface area contributed by atoms with Crippen LogP contribution in [0, 0.1) is 5.82 Å². The zero-order valence-electron chi connectivity index (χ0n) is 14.9. The fourth-order valence-corrected chi connectivity index (χ4v) is 3.97. The number of aryl methyl sites for hydroxylation is 1. The van der Waals surface area contributed by atoms with Crippen molar-refractivity contribution in [1.29, 1.82) is 0 Å². The molecule has 0 saturated heterocycles. The quantitative estimate of drug-likeness (QED) is 0.870. The van der Waals surface area contributed by atoms with E-state index in [9.17, 15) is 23.1 Å². The smallest absolute Gasteiger partial charge is 0.282 e. The van der Waals surface area contributed by atoms with Crippen molar-refractivity contribution >= 4 is 11.6 Å². The molecule has 0 saturated carbocycles. The third kappa shape index (κ3) is 2.88. The zero-order valence-corrected chi connectivity index (χ0v) is 14.9. The van der Waals surface area contributed by atoms with Gasteiger partial charge >= 0.3 is 0 Å². The number of alkyl halides is 2. The van der Waals surface area contributed by atoms with Crippen molar-refractivity contribution < 1.29 is 23.1 Å². The number of aliphatic hydroxyl groups is 1. The highest BCUT2D eigenvalue weighted by molar-refractivity contribution is 6.05. The molecule has 1 aliphatic rings. The molecule has 140 valence electrons. The van der Waals surface area contributed by atoms with Gasteiger partial charge in [-0.05, 0) is 30.9 Å². The summed E-state index contributed by atoms with van der Waals surface area (Å²) in [7, 11) is 1.44. The second kappa shape index (κ2) is 5.84. The number of halogens is 3. The fraction of sp³-hybridized carbons (Fsp3) is 0.444. The molecule has 3 rings (SSSR count). The molecule has 0 radical (unpaired) electrons. The summed E-state index contributed by atoms with van der Waals surface area (Å²) in [4.78, 5) is 12.5. The second-order valence-corrected chi connectivity index (χ2v) is 7.54.